The molecule has 0 radical (unpaired) electrons. The van der Waals surface area contributed by atoms with Gasteiger partial charge in [-0.15, -0.1) is 0 Å². The molecule has 0 saturated carbocycles. The van der Waals surface area contributed by atoms with Gasteiger partial charge in [0.1, 0.15) is 12.1 Å². The molecule has 1 fully saturated rings. The van der Waals surface area contributed by atoms with Crippen LogP contribution in [-0.4, -0.2) is 67.5 Å². The van der Waals surface area contributed by atoms with E-state index in [1.807, 2.05) is 60.7 Å². The fourth-order valence-corrected chi connectivity index (χ4v) is 5.80. The van der Waals surface area contributed by atoms with Crippen LogP contribution in [-0.2, 0) is 37.0 Å². The van der Waals surface area contributed by atoms with Crippen LogP contribution in [0.25, 0.3) is 0 Å². The Hall–Kier alpha value is -3.96. The molecule has 1 aromatic heterocycles. The highest BCUT2D eigenvalue weighted by atomic mass is 32.2. The van der Waals surface area contributed by atoms with Gasteiger partial charge in [0.05, 0.1) is 29.6 Å². The molecule has 2 heterocycles. The van der Waals surface area contributed by atoms with Gasteiger partial charge in [-0.05, 0) is 55.9 Å². The van der Waals surface area contributed by atoms with E-state index in [1.54, 1.807) is 0 Å². The summed E-state index contributed by atoms with van der Waals surface area (Å²) in [5.74, 6) is -1.40. The van der Waals surface area contributed by atoms with Crippen molar-refractivity contribution >= 4 is 27.6 Å². The van der Waals surface area contributed by atoms with Crippen LogP contribution in [0.1, 0.15) is 55.8 Å². The minimum absolute atomic E-state index is 0.0542. The molecule has 242 valence electrons. The zero-order valence-electron chi connectivity index (χ0n) is 26.4. The van der Waals surface area contributed by atoms with Crippen LogP contribution >= 0.6 is 0 Å². The summed E-state index contributed by atoms with van der Waals surface area (Å²) in [5, 5.41) is 8.65. The summed E-state index contributed by atoms with van der Waals surface area (Å²) in [7, 11) is -3.82. The van der Waals surface area contributed by atoms with Gasteiger partial charge in [-0.2, -0.15) is 0 Å². The van der Waals surface area contributed by atoms with Crippen molar-refractivity contribution in [2.45, 2.75) is 82.0 Å². The number of carbonyl (C=O) groups excluding carboxylic acids is 3. The predicted molar refractivity (Wildman–Crippen MR) is 171 cm³/mol. The summed E-state index contributed by atoms with van der Waals surface area (Å²) in [6.07, 6.45) is 2.58. The maximum Gasteiger partial charge on any atom is 0.287 e. The first-order valence-corrected chi connectivity index (χ1v) is 17.0. The molecule has 3 aromatic rings. The van der Waals surface area contributed by atoms with Crippen molar-refractivity contribution in [2.24, 2.45) is 5.92 Å². The van der Waals surface area contributed by atoms with Crippen LogP contribution < -0.4 is 16.0 Å². The summed E-state index contributed by atoms with van der Waals surface area (Å²) in [6.45, 7) is 6.91. The highest BCUT2D eigenvalue weighted by Gasteiger charge is 2.49. The molecule has 1 aliphatic rings. The monoisotopic (exact) mass is 637 g/mol. The third-order valence-electron chi connectivity index (χ3n) is 8.41. The van der Waals surface area contributed by atoms with Crippen LogP contribution in [0.2, 0.25) is 0 Å². The van der Waals surface area contributed by atoms with Crippen LogP contribution in [0.15, 0.2) is 83.5 Å². The van der Waals surface area contributed by atoms with Crippen molar-refractivity contribution in [3.8, 4) is 0 Å². The molecule has 4 rings (SSSR count). The summed E-state index contributed by atoms with van der Waals surface area (Å²) < 4.78 is 35.0. The second-order valence-corrected chi connectivity index (χ2v) is 15.1. The number of epoxide rings is 1. The van der Waals surface area contributed by atoms with E-state index in [0.29, 0.717) is 12.8 Å². The van der Waals surface area contributed by atoms with Gasteiger partial charge in [0.15, 0.2) is 15.6 Å². The summed E-state index contributed by atoms with van der Waals surface area (Å²) in [5.41, 5.74) is 2.05. The number of hydrogen-bond donors (Lipinski definition) is 3. The first-order chi connectivity index (χ1) is 21.3. The van der Waals surface area contributed by atoms with Crippen LogP contribution in [0, 0.1) is 5.92 Å². The van der Waals surface area contributed by atoms with Crippen LogP contribution in [0.4, 0.5) is 0 Å². The number of rotatable bonds is 15. The van der Waals surface area contributed by atoms with Gasteiger partial charge in [0.2, 0.25) is 11.8 Å². The molecule has 1 unspecified atom stereocenters. The molecule has 3 N–H and O–H groups in total. The molecule has 45 heavy (non-hydrogen) atoms. The van der Waals surface area contributed by atoms with Gasteiger partial charge in [0, 0.05) is 12.3 Å². The molecule has 1 aliphatic heterocycles. The normalized spacial score (nSPS) is 18.4. The fraction of sp³-hybridized carbons (Fsp3) is 0.441. The number of amides is 3. The Kier molecular flexibility index (Phi) is 10.9. The van der Waals surface area contributed by atoms with E-state index in [1.165, 1.54) is 32.2 Å². The van der Waals surface area contributed by atoms with Crippen molar-refractivity contribution in [1.82, 2.24) is 16.0 Å². The topological polar surface area (TPSA) is 147 Å². The first kappa shape index (κ1) is 33.9. The Labute approximate surface area is 265 Å². The fourth-order valence-electron chi connectivity index (χ4n) is 5.21. The van der Waals surface area contributed by atoms with Gasteiger partial charge >= 0.3 is 0 Å². The Balaban J connectivity index is 1.49. The standard InChI is InChI=1S/C34H43N3O7S/c1-22(2)25(19-23-13-8-6-9-14-23)35-29(38)21-28-30(44-28)26(20-24-15-10-7-11-16-24)36-33(40)31(34(3,4)45(5,41)42)37-32(39)27-17-12-18-43-27/h6-18,22,25-26,28,30-31H,19-21H2,1-5H3,(H,35,38)(H,36,40)(H,37,39)/t25?,26-,28-,30+,31+/m0/s1. The molecule has 3 amide bonds. The molecule has 5 atom stereocenters. The van der Waals surface area contributed by atoms with Crippen molar-refractivity contribution < 1.29 is 32.0 Å². The lowest BCUT2D eigenvalue weighted by atomic mass is 9.95. The number of sulfone groups is 1. The Morgan fingerprint density at radius 3 is 1.98 bits per heavy atom. The highest BCUT2D eigenvalue weighted by Crippen LogP contribution is 2.31. The molecule has 10 nitrogen and oxygen atoms in total. The molecule has 1 saturated heterocycles. The second-order valence-electron chi connectivity index (χ2n) is 12.5. The van der Waals surface area contributed by atoms with Gasteiger partial charge in [-0.25, -0.2) is 8.42 Å². The van der Waals surface area contributed by atoms with E-state index in [-0.39, 0.29) is 30.0 Å². The molecular formula is C34H43N3O7S. The maximum absolute atomic E-state index is 13.8. The van der Waals surface area contributed by atoms with Crippen molar-refractivity contribution in [3.63, 3.8) is 0 Å². The lowest BCUT2D eigenvalue weighted by Crippen LogP contribution is -2.62. The predicted octanol–water partition coefficient (Wildman–Crippen LogP) is 3.47. The zero-order chi connectivity index (χ0) is 32.8. The average Bonchev–Trinajstić information content (AvgIpc) is 3.51. The number of hydrogen-bond acceptors (Lipinski definition) is 7. The lowest BCUT2D eigenvalue weighted by molar-refractivity contribution is -0.124. The quantitative estimate of drug-likeness (QED) is 0.216. The SMILES string of the molecule is CC(C)C(Cc1ccccc1)NC(=O)C[C@@H]1O[C@@H]1[C@H](Cc1ccccc1)NC(=O)[C@@H](NC(=O)c1ccco1)C(C)(C)S(C)(=O)=O. The zero-order valence-corrected chi connectivity index (χ0v) is 27.2. The third-order valence-corrected chi connectivity index (χ3v) is 10.6. The molecule has 0 bridgehead atoms. The average molecular weight is 638 g/mol. The highest BCUT2D eigenvalue weighted by molar-refractivity contribution is 7.92. The van der Waals surface area contributed by atoms with Gasteiger partial charge in [-0.1, -0.05) is 74.5 Å². The maximum atomic E-state index is 13.8. The smallest absolute Gasteiger partial charge is 0.287 e. The summed E-state index contributed by atoms with van der Waals surface area (Å²) >= 11 is 0. The van der Waals surface area contributed by atoms with E-state index < -0.39 is 50.7 Å². The van der Waals surface area contributed by atoms with E-state index in [0.717, 1.165) is 17.4 Å². The number of ether oxygens (including phenoxy) is 1. The van der Waals surface area contributed by atoms with Gasteiger partial charge in [0.25, 0.3) is 5.91 Å². The summed E-state index contributed by atoms with van der Waals surface area (Å²) in [6, 6.07) is 20.3. The lowest BCUT2D eigenvalue weighted by Gasteiger charge is -2.33. The molecule has 2 aromatic carbocycles. The van der Waals surface area contributed by atoms with Gasteiger partial charge in [-0.3, -0.25) is 14.4 Å². The van der Waals surface area contributed by atoms with E-state index in [2.05, 4.69) is 29.8 Å². The van der Waals surface area contributed by atoms with Crippen LogP contribution in [0.5, 0.6) is 0 Å². The second kappa shape index (κ2) is 14.4. The van der Waals surface area contributed by atoms with Crippen molar-refractivity contribution in [1.29, 1.82) is 0 Å². The number of benzene rings is 2. The Bertz CT molecular complexity index is 1540. The largest absolute Gasteiger partial charge is 0.459 e. The minimum atomic E-state index is -3.82. The van der Waals surface area contributed by atoms with E-state index in [9.17, 15) is 22.8 Å². The third kappa shape index (κ3) is 9.04. The number of furan rings is 1. The van der Waals surface area contributed by atoms with E-state index >= 15 is 0 Å². The molecule has 0 spiro atoms. The molecule has 0 aliphatic carbocycles. The molecule has 11 heteroatoms. The summed E-state index contributed by atoms with van der Waals surface area (Å²) in [4.78, 5) is 39.9. The first-order valence-electron chi connectivity index (χ1n) is 15.1. The van der Waals surface area contributed by atoms with E-state index in [4.69, 9.17) is 9.15 Å². The Morgan fingerprint density at radius 1 is 0.844 bits per heavy atom. The number of nitrogens with one attached hydrogen (secondary N) is 3. The minimum Gasteiger partial charge on any atom is -0.459 e. The van der Waals surface area contributed by atoms with Crippen molar-refractivity contribution in [3.05, 3.63) is 95.9 Å². The van der Waals surface area contributed by atoms with Crippen molar-refractivity contribution in [2.75, 3.05) is 6.26 Å². The van der Waals surface area contributed by atoms with Gasteiger partial charge < -0.3 is 25.1 Å². The number of carbonyl (C=O) groups is 3. The van der Waals surface area contributed by atoms with Crippen LogP contribution in [0.3, 0.4) is 0 Å². The molecular weight excluding hydrogens is 594 g/mol. The Morgan fingerprint density at radius 2 is 1.44 bits per heavy atom.